The summed E-state index contributed by atoms with van der Waals surface area (Å²) in [5.41, 5.74) is 9.31. The Balaban J connectivity index is 2.23. The lowest BCUT2D eigenvalue weighted by atomic mass is 9.64. The molecule has 3 atom stereocenters. The van der Waals surface area contributed by atoms with Gasteiger partial charge in [-0.15, -0.1) is 0 Å². The van der Waals surface area contributed by atoms with Crippen LogP contribution >= 0.6 is 0 Å². The van der Waals surface area contributed by atoms with Crippen molar-refractivity contribution in [2.45, 2.75) is 65.3 Å². The molecular weight excluding hydrogens is 246 g/mol. The fourth-order valence-electron chi connectivity index (χ4n) is 4.10. The topological polar surface area (TPSA) is 43.8 Å². The van der Waals surface area contributed by atoms with Crippen molar-refractivity contribution >= 4 is 0 Å². The van der Waals surface area contributed by atoms with Crippen molar-refractivity contribution in [3.8, 4) is 0 Å². The molecule has 1 aromatic heterocycles. The Morgan fingerprint density at radius 3 is 2.70 bits per heavy atom. The van der Waals surface area contributed by atoms with Gasteiger partial charge in [-0.05, 0) is 43.1 Å². The van der Waals surface area contributed by atoms with Gasteiger partial charge in [0.05, 0.1) is 5.69 Å². The van der Waals surface area contributed by atoms with Gasteiger partial charge in [0.2, 0.25) is 0 Å². The normalized spacial score (nSPS) is 30.9. The summed E-state index contributed by atoms with van der Waals surface area (Å²) in [6.45, 7) is 9.15. The summed E-state index contributed by atoms with van der Waals surface area (Å²) in [5, 5.41) is 4.58. The van der Waals surface area contributed by atoms with Gasteiger partial charge < -0.3 is 5.73 Å². The van der Waals surface area contributed by atoms with E-state index in [0.29, 0.717) is 11.8 Å². The van der Waals surface area contributed by atoms with E-state index in [0.717, 1.165) is 25.2 Å². The number of hydrogen-bond donors (Lipinski definition) is 1. The van der Waals surface area contributed by atoms with Crippen LogP contribution in [0.5, 0.6) is 0 Å². The maximum Gasteiger partial charge on any atom is 0.0624 e. The SMILES string of the molecule is CCc1cc(CC2(N)CC(C)CCC2C(C)C)n(C)n1. The van der Waals surface area contributed by atoms with E-state index in [4.69, 9.17) is 5.73 Å². The minimum absolute atomic E-state index is 0.0648. The molecule has 20 heavy (non-hydrogen) atoms. The zero-order chi connectivity index (χ0) is 14.9. The number of hydrogen-bond acceptors (Lipinski definition) is 2. The van der Waals surface area contributed by atoms with Crippen molar-refractivity contribution in [1.29, 1.82) is 0 Å². The van der Waals surface area contributed by atoms with Crippen LogP contribution in [-0.2, 0) is 19.9 Å². The molecule has 1 aromatic rings. The molecule has 1 saturated carbocycles. The van der Waals surface area contributed by atoms with Crippen LogP contribution in [0.1, 0.15) is 58.3 Å². The average molecular weight is 277 g/mol. The van der Waals surface area contributed by atoms with Crippen LogP contribution in [0, 0.1) is 17.8 Å². The maximum atomic E-state index is 6.91. The second-order valence-corrected chi connectivity index (χ2v) is 7.25. The molecule has 3 heteroatoms. The highest BCUT2D eigenvalue weighted by atomic mass is 15.3. The molecule has 3 unspecified atom stereocenters. The first-order chi connectivity index (χ1) is 9.35. The Morgan fingerprint density at radius 2 is 2.15 bits per heavy atom. The van der Waals surface area contributed by atoms with Gasteiger partial charge in [-0.2, -0.15) is 5.10 Å². The van der Waals surface area contributed by atoms with E-state index < -0.39 is 0 Å². The Kier molecular flexibility index (Phi) is 4.58. The van der Waals surface area contributed by atoms with Gasteiger partial charge in [0.15, 0.2) is 0 Å². The Bertz CT molecular complexity index is 449. The lowest BCUT2D eigenvalue weighted by Crippen LogP contribution is -2.54. The van der Waals surface area contributed by atoms with E-state index in [1.165, 1.54) is 24.2 Å². The summed E-state index contributed by atoms with van der Waals surface area (Å²) in [5.74, 6) is 2.03. The third kappa shape index (κ3) is 3.08. The van der Waals surface area contributed by atoms with Crippen LogP contribution in [0.25, 0.3) is 0 Å². The standard InChI is InChI=1S/C17H31N3/c1-6-14-9-15(20(5)19-14)11-17(18)10-13(4)7-8-16(17)12(2)3/h9,12-13,16H,6-8,10-11,18H2,1-5H3. The average Bonchev–Trinajstić information content (AvgIpc) is 2.69. The fraction of sp³-hybridized carbons (Fsp3) is 0.824. The van der Waals surface area contributed by atoms with E-state index in [1.54, 1.807) is 0 Å². The molecule has 114 valence electrons. The van der Waals surface area contributed by atoms with Gasteiger partial charge in [-0.25, -0.2) is 0 Å². The number of nitrogens with zero attached hydrogens (tertiary/aromatic N) is 2. The number of nitrogens with two attached hydrogens (primary N) is 1. The zero-order valence-electron chi connectivity index (χ0n) is 13.8. The van der Waals surface area contributed by atoms with Gasteiger partial charge >= 0.3 is 0 Å². The summed E-state index contributed by atoms with van der Waals surface area (Å²) in [7, 11) is 2.05. The zero-order valence-corrected chi connectivity index (χ0v) is 13.8. The van der Waals surface area contributed by atoms with Crippen LogP contribution in [0.2, 0.25) is 0 Å². The third-order valence-corrected chi connectivity index (χ3v) is 5.14. The summed E-state index contributed by atoms with van der Waals surface area (Å²) in [6.07, 6.45) is 5.70. The molecule has 0 amide bonds. The van der Waals surface area contributed by atoms with E-state index >= 15 is 0 Å². The highest BCUT2D eigenvalue weighted by molar-refractivity contribution is 5.15. The minimum atomic E-state index is -0.0648. The lowest BCUT2D eigenvalue weighted by Gasteiger charge is -2.46. The second-order valence-electron chi connectivity index (χ2n) is 7.25. The molecule has 3 nitrogen and oxygen atoms in total. The molecule has 1 aliphatic carbocycles. The van der Waals surface area contributed by atoms with Crippen LogP contribution in [0.15, 0.2) is 6.07 Å². The highest BCUT2D eigenvalue weighted by Gasteiger charge is 2.41. The van der Waals surface area contributed by atoms with Crippen LogP contribution in [0.4, 0.5) is 0 Å². The van der Waals surface area contributed by atoms with Gasteiger partial charge in [-0.1, -0.05) is 34.1 Å². The van der Waals surface area contributed by atoms with Gasteiger partial charge in [-0.3, -0.25) is 4.68 Å². The monoisotopic (exact) mass is 277 g/mol. The fourth-order valence-corrected chi connectivity index (χ4v) is 4.10. The summed E-state index contributed by atoms with van der Waals surface area (Å²) >= 11 is 0. The third-order valence-electron chi connectivity index (χ3n) is 5.14. The smallest absolute Gasteiger partial charge is 0.0624 e. The largest absolute Gasteiger partial charge is 0.324 e. The predicted molar refractivity (Wildman–Crippen MR) is 84.6 cm³/mol. The maximum absolute atomic E-state index is 6.91. The molecule has 1 heterocycles. The first kappa shape index (κ1) is 15.6. The predicted octanol–water partition coefficient (Wildman–Crippen LogP) is 3.31. The Hall–Kier alpha value is -0.830. The first-order valence-electron chi connectivity index (χ1n) is 8.16. The first-order valence-corrected chi connectivity index (χ1v) is 8.16. The van der Waals surface area contributed by atoms with Gasteiger partial charge in [0.1, 0.15) is 0 Å². The van der Waals surface area contributed by atoms with Crippen molar-refractivity contribution < 1.29 is 0 Å². The molecule has 1 aliphatic rings. The molecule has 0 radical (unpaired) electrons. The van der Waals surface area contributed by atoms with Crippen molar-refractivity contribution in [2.75, 3.05) is 0 Å². The molecule has 1 fully saturated rings. The van der Waals surface area contributed by atoms with Gasteiger partial charge in [0.25, 0.3) is 0 Å². The van der Waals surface area contributed by atoms with E-state index in [2.05, 4.69) is 45.9 Å². The molecule has 2 rings (SSSR count). The summed E-state index contributed by atoms with van der Waals surface area (Å²) in [4.78, 5) is 0. The Labute approximate surface area is 123 Å². The number of aromatic nitrogens is 2. The minimum Gasteiger partial charge on any atom is -0.324 e. The molecule has 0 aromatic carbocycles. The lowest BCUT2D eigenvalue weighted by molar-refractivity contribution is 0.107. The molecule has 0 aliphatic heterocycles. The van der Waals surface area contributed by atoms with Crippen molar-refractivity contribution in [3.63, 3.8) is 0 Å². The molecule has 0 spiro atoms. The molecule has 2 N–H and O–H groups in total. The number of rotatable bonds is 4. The van der Waals surface area contributed by atoms with E-state index in [9.17, 15) is 0 Å². The summed E-state index contributed by atoms with van der Waals surface area (Å²) < 4.78 is 2.03. The highest BCUT2D eigenvalue weighted by Crippen LogP contribution is 2.41. The van der Waals surface area contributed by atoms with Crippen LogP contribution < -0.4 is 5.73 Å². The van der Waals surface area contributed by atoms with Crippen LogP contribution in [-0.4, -0.2) is 15.3 Å². The summed E-state index contributed by atoms with van der Waals surface area (Å²) in [6, 6.07) is 2.24. The van der Waals surface area contributed by atoms with Crippen LogP contribution in [0.3, 0.4) is 0 Å². The Morgan fingerprint density at radius 1 is 1.45 bits per heavy atom. The molecule has 0 saturated heterocycles. The van der Waals surface area contributed by atoms with Crippen molar-refractivity contribution in [3.05, 3.63) is 17.5 Å². The van der Waals surface area contributed by atoms with Crippen molar-refractivity contribution in [2.24, 2.45) is 30.5 Å². The molecular formula is C17H31N3. The van der Waals surface area contributed by atoms with E-state index in [1.807, 2.05) is 4.68 Å². The van der Waals surface area contributed by atoms with Gasteiger partial charge in [0, 0.05) is 24.7 Å². The molecule has 0 bridgehead atoms. The van der Waals surface area contributed by atoms with Crippen molar-refractivity contribution in [1.82, 2.24) is 9.78 Å². The second kappa shape index (κ2) is 5.88. The number of aryl methyl sites for hydroxylation is 2. The quantitative estimate of drug-likeness (QED) is 0.917. The van der Waals surface area contributed by atoms with E-state index in [-0.39, 0.29) is 5.54 Å².